The van der Waals surface area contributed by atoms with Gasteiger partial charge in [-0.25, -0.2) is 0 Å². The molecule has 1 fully saturated rings. The number of aryl methyl sites for hydroxylation is 2. The Kier molecular flexibility index (Phi) is 9.53. The first-order valence-corrected chi connectivity index (χ1v) is 9.35. The monoisotopic (exact) mass is 417 g/mol. The van der Waals surface area contributed by atoms with Crippen LogP contribution in [0.3, 0.4) is 0 Å². The fourth-order valence-electron chi connectivity index (χ4n) is 3.54. The van der Waals surface area contributed by atoms with E-state index in [1.807, 2.05) is 37.9 Å². The first kappa shape index (κ1) is 23.7. The molecule has 1 aromatic rings. The second kappa shape index (κ2) is 10.9. The molecular weight excluding hydrogens is 389 g/mol. The molecule has 152 valence electrons. The van der Waals surface area contributed by atoms with Crippen LogP contribution in [-0.4, -0.2) is 66.1 Å². The second-order valence-corrected chi connectivity index (χ2v) is 7.56. The maximum absolute atomic E-state index is 12.4. The van der Waals surface area contributed by atoms with Crippen molar-refractivity contribution in [3.63, 3.8) is 0 Å². The Morgan fingerprint density at radius 3 is 2.63 bits per heavy atom. The fourth-order valence-corrected chi connectivity index (χ4v) is 3.90. The average molecular weight is 418 g/mol. The number of carboxylic acid groups (broad SMARTS) is 1. The maximum atomic E-state index is 12.4. The lowest BCUT2D eigenvalue weighted by Crippen LogP contribution is -2.37. The Morgan fingerprint density at radius 2 is 2.00 bits per heavy atom. The molecule has 0 saturated carbocycles. The summed E-state index contributed by atoms with van der Waals surface area (Å²) in [7, 11) is 1.85. The number of hydrogen-bond donors (Lipinski definition) is 2. The molecule has 0 radical (unpaired) electrons. The minimum absolute atomic E-state index is 0. The Bertz CT molecular complexity index is 647. The van der Waals surface area contributed by atoms with Gasteiger partial charge in [0.05, 0.1) is 23.8 Å². The van der Waals surface area contributed by atoms with Gasteiger partial charge in [-0.1, -0.05) is 17.7 Å². The minimum atomic E-state index is -0.807. The third kappa shape index (κ3) is 7.30. The number of amides is 1. The average Bonchev–Trinajstić information content (AvgIpc) is 2.76. The number of rotatable bonds is 6. The predicted octanol–water partition coefficient (Wildman–Crippen LogP) is 3.19. The van der Waals surface area contributed by atoms with Gasteiger partial charge in [0.15, 0.2) is 0 Å². The second-order valence-electron chi connectivity index (χ2n) is 7.16. The van der Waals surface area contributed by atoms with Crippen LogP contribution in [0.15, 0.2) is 12.1 Å². The van der Waals surface area contributed by atoms with E-state index in [0.717, 1.165) is 43.5 Å². The van der Waals surface area contributed by atoms with Crippen molar-refractivity contribution in [1.29, 1.82) is 0 Å². The van der Waals surface area contributed by atoms with Gasteiger partial charge in [-0.3, -0.25) is 19.4 Å². The van der Waals surface area contributed by atoms with E-state index in [1.54, 1.807) is 0 Å². The molecule has 2 rings (SSSR count). The number of likely N-dealkylation sites (N-methyl/N-ethyl adjacent to an activating group) is 1. The molecule has 1 saturated heterocycles. The molecule has 0 bridgehead atoms. The van der Waals surface area contributed by atoms with Gasteiger partial charge in [0, 0.05) is 12.6 Å². The fraction of sp³-hybridized carbons (Fsp3) is 0.579. The van der Waals surface area contributed by atoms with Gasteiger partial charge in [-0.2, -0.15) is 0 Å². The highest BCUT2D eigenvalue weighted by molar-refractivity contribution is 6.34. The van der Waals surface area contributed by atoms with E-state index in [2.05, 4.69) is 10.2 Å². The number of aliphatic carboxylic acids is 1. The zero-order chi connectivity index (χ0) is 19.3. The van der Waals surface area contributed by atoms with Crippen molar-refractivity contribution in [2.24, 2.45) is 0 Å². The molecule has 8 heteroatoms. The summed E-state index contributed by atoms with van der Waals surface area (Å²) in [6.07, 6.45) is 2.76. The normalized spacial score (nSPS) is 17.9. The number of hydrogen-bond acceptors (Lipinski definition) is 4. The topological polar surface area (TPSA) is 72.9 Å². The van der Waals surface area contributed by atoms with E-state index >= 15 is 0 Å². The van der Waals surface area contributed by atoms with Crippen LogP contribution in [0.2, 0.25) is 5.02 Å². The molecule has 1 heterocycles. The summed E-state index contributed by atoms with van der Waals surface area (Å²) in [5.74, 6) is -0.880. The number of nitrogens with one attached hydrogen (secondary N) is 1. The zero-order valence-corrected chi connectivity index (χ0v) is 17.7. The number of anilines is 1. The van der Waals surface area contributed by atoms with E-state index in [0.29, 0.717) is 17.3 Å². The number of halogens is 2. The summed E-state index contributed by atoms with van der Waals surface area (Å²) < 4.78 is 0. The lowest BCUT2D eigenvalue weighted by atomic mass is 10.1. The number of carboxylic acids is 1. The standard InChI is InChI=1S/C19H28ClN3O3.ClH/c1-13-9-14(2)19(16(20)10-13)21-17(24)11-23-7-4-5-15(6-8-23)22(3)12-18(25)26;/h9-10,15H,4-8,11-12H2,1-3H3,(H,21,24)(H,25,26);1H. The SMILES string of the molecule is Cc1cc(C)c(NC(=O)CN2CCCC(N(C)CC(=O)O)CC2)c(Cl)c1.Cl. The highest BCUT2D eigenvalue weighted by Crippen LogP contribution is 2.27. The Hall–Kier alpha value is -1.34. The van der Waals surface area contributed by atoms with Crippen molar-refractivity contribution in [3.05, 3.63) is 28.3 Å². The maximum Gasteiger partial charge on any atom is 0.317 e. The van der Waals surface area contributed by atoms with Crippen molar-refractivity contribution in [2.75, 3.05) is 38.5 Å². The van der Waals surface area contributed by atoms with Gasteiger partial charge in [-0.15, -0.1) is 12.4 Å². The highest BCUT2D eigenvalue weighted by atomic mass is 35.5. The Morgan fingerprint density at radius 1 is 1.30 bits per heavy atom. The van der Waals surface area contributed by atoms with Crippen LogP contribution in [0.5, 0.6) is 0 Å². The molecule has 0 spiro atoms. The van der Waals surface area contributed by atoms with Gasteiger partial charge in [0.25, 0.3) is 0 Å². The minimum Gasteiger partial charge on any atom is -0.480 e. The van der Waals surface area contributed by atoms with Crippen LogP contribution in [0.25, 0.3) is 0 Å². The molecule has 0 aromatic heterocycles. The van der Waals surface area contributed by atoms with Crippen LogP contribution in [0, 0.1) is 13.8 Å². The van der Waals surface area contributed by atoms with E-state index < -0.39 is 5.97 Å². The number of likely N-dealkylation sites (tertiary alicyclic amines) is 1. The van der Waals surface area contributed by atoms with Gasteiger partial charge in [-0.05, 0) is 63.9 Å². The third-order valence-electron chi connectivity index (χ3n) is 4.86. The molecule has 1 aromatic carbocycles. The highest BCUT2D eigenvalue weighted by Gasteiger charge is 2.23. The van der Waals surface area contributed by atoms with Crippen molar-refractivity contribution in [1.82, 2.24) is 9.80 Å². The van der Waals surface area contributed by atoms with Gasteiger partial charge in [0.2, 0.25) is 5.91 Å². The van der Waals surface area contributed by atoms with Crippen molar-refractivity contribution in [3.8, 4) is 0 Å². The summed E-state index contributed by atoms with van der Waals surface area (Å²) in [5.41, 5.74) is 2.69. The van der Waals surface area contributed by atoms with Crippen molar-refractivity contribution in [2.45, 2.75) is 39.2 Å². The summed E-state index contributed by atoms with van der Waals surface area (Å²) in [6, 6.07) is 4.09. The molecular formula is C19H29Cl2N3O3. The molecule has 0 aliphatic carbocycles. The summed E-state index contributed by atoms with van der Waals surface area (Å²) in [4.78, 5) is 27.3. The molecule has 6 nitrogen and oxygen atoms in total. The number of carbonyl (C=O) groups excluding carboxylic acids is 1. The van der Waals surface area contributed by atoms with E-state index in [9.17, 15) is 9.59 Å². The number of benzene rings is 1. The number of carbonyl (C=O) groups is 2. The molecule has 27 heavy (non-hydrogen) atoms. The molecule has 1 aliphatic heterocycles. The summed E-state index contributed by atoms with van der Waals surface area (Å²) in [5, 5.41) is 12.4. The van der Waals surface area contributed by atoms with Crippen molar-refractivity contribution >= 4 is 41.6 Å². The first-order valence-electron chi connectivity index (χ1n) is 8.97. The lowest BCUT2D eigenvalue weighted by Gasteiger charge is -2.25. The van der Waals surface area contributed by atoms with E-state index in [4.69, 9.17) is 16.7 Å². The van der Waals surface area contributed by atoms with Gasteiger partial charge in [0.1, 0.15) is 0 Å². The summed E-state index contributed by atoms with van der Waals surface area (Å²) >= 11 is 6.26. The summed E-state index contributed by atoms with van der Waals surface area (Å²) in [6.45, 7) is 5.90. The quantitative estimate of drug-likeness (QED) is 0.743. The van der Waals surface area contributed by atoms with Crippen LogP contribution >= 0.6 is 24.0 Å². The van der Waals surface area contributed by atoms with E-state index in [1.165, 1.54) is 0 Å². The largest absolute Gasteiger partial charge is 0.480 e. The molecule has 1 unspecified atom stereocenters. The molecule has 1 aliphatic rings. The van der Waals surface area contributed by atoms with Crippen LogP contribution in [0.1, 0.15) is 30.4 Å². The van der Waals surface area contributed by atoms with Gasteiger partial charge >= 0.3 is 5.97 Å². The van der Waals surface area contributed by atoms with Crippen LogP contribution in [0.4, 0.5) is 5.69 Å². The van der Waals surface area contributed by atoms with Crippen LogP contribution in [-0.2, 0) is 9.59 Å². The number of nitrogens with zero attached hydrogens (tertiary/aromatic N) is 2. The predicted molar refractivity (Wildman–Crippen MR) is 111 cm³/mol. The lowest BCUT2D eigenvalue weighted by molar-refractivity contribution is -0.138. The van der Waals surface area contributed by atoms with Crippen LogP contribution < -0.4 is 5.32 Å². The van der Waals surface area contributed by atoms with Crippen molar-refractivity contribution < 1.29 is 14.7 Å². The first-order chi connectivity index (χ1) is 12.3. The Labute approximate surface area is 172 Å². The third-order valence-corrected chi connectivity index (χ3v) is 5.16. The van der Waals surface area contributed by atoms with Gasteiger partial charge < -0.3 is 10.4 Å². The van der Waals surface area contributed by atoms with E-state index in [-0.39, 0.29) is 30.9 Å². The molecule has 1 atom stereocenters. The Balaban J connectivity index is 0.00000364. The smallest absolute Gasteiger partial charge is 0.317 e. The molecule has 1 amide bonds. The molecule has 2 N–H and O–H groups in total. The zero-order valence-electron chi connectivity index (χ0n) is 16.1.